The molecule has 0 aromatic carbocycles. The van der Waals surface area contributed by atoms with Gasteiger partial charge in [-0.15, -0.1) is 0 Å². The van der Waals surface area contributed by atoms with E-state index in [9.17, 15) is 45.4 Å². The Morgan fingerprint density at radius 3 is 2.55 bits per heavy atom. The molecule has 3 aromatic heterocycles. The number of nitrogens with zero attached hydrogens (tertiary/aromatic N) is 4. The van der Waals surface area contributed by atoms with Crippen LogP contribution in [0.4, 0.5) is 30.7 Å². The van der Waals surface area contributed by atoms with Gasteiger partial charge in [-0.25, -0.2) is 23.3 Å². The van der Waals surface area contributed by atoms with Crippen LogP contribution in [0, 0.1) is 5.92 Å². The van der Waals surface area contributed by atoms with Crippen LogP contribution in [0.25, 0.3) is 5.65 Å². The molecule has 0 radical (unpaired) electrons. The third-order valence-electron chi connectivity index (χ3n) is 6.65. The highest BCUT2D eigenvalue weighted by atomic mass is 19.4. The quantitative estimate of drug-likeness (QED) is 0.229. The molecule has 1 aliphatic carbocycles. The molecule has 1 saturated carbocycles. The van der Waals surface area contributed by atoms with Gasteiger partial charge in [0, 0.05) is 42.7 Å². The lowest BCUT2D eigenvalue weighted by Crippen LogP contribution is -2.37. The van der Waals surface area contributed by atoms with Crippen LogP contribution in [0.3, 0.4) is 0 Å². The summed E-state index contributed by atoms with van der Waals surface area (Å²) < 4.78 is 95.6. The molecule has 1 fully saturated rings. The number of carbonyl (C=O) groups is 2. The second-order valence-electron chi connectivity index (χ2n) is 9.75. The van der Waals surface area contributed by atoms with E-state index in [4.69, 9.17) is 0 Å². The van der Waals surface area contributed by atoms with Crippen molar-refractivity contribution in [3.8, 4) is 5.88 Å². The lowest BCUT2D eigenvalue weighted by atomic mass is 9.81. The molecule has 42 heavy (non-hydrogen) atoms. The maximum absolute atomic E-state index is 13.9. The Kier molecular flexibility index (Phi) is 9.18. The SMILES string of the molecule is O=C(CCC(F)(F)F)N[C@H](O)c1cnn2cc([C@@H](NC(=O)c3ccnc(OC(F)F)c3)C3CCC(F)(F)CC3)nc2c1. The summed E-state index contributed by atoms with van der Waals surface area (Å²) in [4.78, 5) is 32.9. The van der Waals surface area contributed by atoms with Crippen molar-refractivity contribution in [2.24, 2.45) is 5.92 Å². The molecule has 2 amide bonds. The molecule has 2 atom stereocenters. The number of aromatic nitrogens is 4. The normalized spacial score (nSPS) is 17.2. The average Bonchev–Trinajstić information content (AvgIpc) is 3.33. The van der Waals surface area contributed by atoms with Gasteiger partial charge in [0.2, 0.25) is 17.7 Å². The Bertz CT molecular complexity index is 1410. The van der Waals surface area contributed by atoms with E-state index in [2.05, 4.69) is 25.1 Å². The second-order valence-corrected chi connectivity index (χ2v) is 9.75. The highest BCUT2D eigenvalue weighted by Gasteiger charge is 2.39. The number of alkyl halides is 7. The predicted molar refractivity (Wildman–Crippen MR) is 129 cm³/mol. The molecule has 228 valence electrons. The topological polar surface area (TPSA) is 131 Å². The fourth-order valence-corrected chi connectivity index (χ4v) is 4.53. The molecular weight excluding hydrogens is 581 g/mol. The predicted octanol–water partition coefficient (Wildman–Crippen LogP) is 4.47. The van der Waals surface area contributed by atoms with Gasteiger partial charge in [-0.2, -0.15) is 27.1 Å². The molecule has 3 aromatic rings. The zero-order valence-corrected chi connectivity index (χ0v) is 21.6. The molecule has 17 heteroatoms. The number of halogens is 7. The number of rotatable bonds is 10. The zero-order valence-electron chi connectivity index (χ0n) is 21.6. The lowest BCUT2D eigenvalue weighted by molar-refractivity contribution is -0.145. The number of carbonyl (C=O) groups excluding carboxylic acids is 2. The molecule has 0 aliphatic heterocycles. The summed E-state index contributed by atoms with van der Waals surface area (Å²) in [6.07, 6.45) is -5.65. The van der Waals surface area contributed by atoms with E-state index in [0.717, 1.165) is 18.5 Å². The van der Waals surface area contributed by atoms with Crippen LogP contribution in [0.1, 0.15) is 72.4 Å². The molecule has 0 unspecified atom stereocenters. The molecule has 1 aliphatic rings. The second kappa shape index (κ2) is 12.5. The van der Waals surface area contributed by atoms with E-state index in [1.54, 1.807) is 0 Å². The highest BCUT2D eigenvalue weighted by Crippen LogP contribution is 2.41. The van der Waals surface area contributed by atoms with Crippen LogP contribution >= 0.6 is 0 Å². The number of hydrogen-bond acceptors (Lipinski definition) is 7. The van der Waals surface area contributed by atoms with Crippen molar-refractivity contribution in [1.82, 2.24) is 30.2 Å². The fraction of sp³-hybridized carbons (Fsp3) is 0.480. The first-order chi connectivity index (χ1) is 19.7. The number of imidazole rings is 1. The first kappa shape index (κ1) is 30.9. The van der Waals surface area contributed by atoms with Gasteiger partial charge in [-0.1, -0.05) is 0 Å². The van der Waals surface area contributed by atoms with Gasteiger partial charge in [0.15, 0.2) is 11.9 Å². The number of aliphatic hydroxyl groups is 1. The van der Waals surface area contributed by atoms with Crippen molar-refractivity contribution in [1.29, 1.82) is 0 Å². The number of hydrogen-bond donors (Lipinski definition) is 3. The van der Waals surface area contributed by atoms with Gasteiger partial charge in [0.25, 0.3) is 5.91 Å². The number of fused-ring (bicyclic) bond motifs is 1. The third kappa shape index (κ3) is 8.27. The Morgan fingerprint density at radius 2 is 1.88 bits per heavy atom. The van der Waals surface area contributed by atoms with Gasteiger partial charge in [-0.05, 0) is 30.9 Å². The Labute approximate surface area is 233 Å². The van der Waals surface area contributed by atoms with Gasteiger partial charge in [0.05, 0.1) is 30.6 Å². The van der Waals surface area contributed by atoms with Crippen LogP contribution in [-0.2, 0) is 4.79 Å². The Balaban J connectivity index is 1.56. The molecule has 0 spiro atoms. The van der Waals surface area contributed by atoms with E-state index in [0.29, 0.717) is 0 Å². The Hall–Kier alpha value is -4.02. The standard InChI is InChI=1S/C25H25F7N6O4/c26-23(27)42-19-10-14(4-8-33-19)21(40)37-20(13-1-5-24(28,29)6-2-13)16-12-38-17(35-16)9-15(11-34-38)22(41)36-18(39)3-7-25(30,31)32/h4,8-13,20,22-23,41H,1-3,5-7H2,(H,36,39)(H,37,40)/t20-,22+/m0/s1. The van der Waals surface area contributed by atoms with Gasteiger partial charge in [-0.3, -0.25) is 9.59 Å². The van der Waals surface area contributed by atoms with Gasteiger partial charge < -0.3 is 20.5 Å². The lowest BCUT2D eigenvalue weighted by Gasteiger charge is -2.33. The van der Waals surface area contributed by atoms with E-state index in [1.807, 2.05) is 5.32 Å². The average molecular weight is 606 g/mol. The summed E-state index contributed by atoms with van der Waals surface area (Å²) in [5.41, 5.74) is 0.245. The number of amides is 2. The van der Waals surface area contributed by atoms with Crippen molar-refractivity contribution in [3.05, 3.63) is 53.6 Å². The first-order valence-electron chi connectivity index (χ1n) is 12.7. The maximum Gasteiger partial charge on any atom is 0.389 e. The maximum atomic E-state index is 13.9. The van der Waals surface area contributed by atoms with Crippen molar-refractivity contribution in [2.75, 3.05) is 0 Å². The van der Waals surface area contributed by atoms with Crippen molar-refractivity contribution in [3.63, 3.8) is 0 Å². The summed E-state index contributed by atoms with van der Waals surface area (Å²) in [6, 6.07) is 2.63. The number of pyridine rings is 1. The summed E-state index contributed by atoms with van der Waals surface area (Å²) in [5.74, 6) is -5.64. The summed E-state index contributed by atoms with van der Waals surface area (Å²) in [6.45, 7) is -3.17. The van der Waals surface area contributed by atoms with E-state index < -0.39 is 80.3 Å². The molecule has 4 rings (SSSR count). The van der Waals surface area contributed by atoms with Gasteiger partial charge >= 0.3 is 12.8 Å². The number of nitrogens with one attached hydrogen (secondary N) is 2. The summed E-state index contributed by atoms with van der Waals surface area (Å²) >= 11 is 0. The van der Waals surface area contributed by atoms with Crippen LogP contribution in [0.2, 0.25) is 0 Å². The van der Waals surface area contributed by atoms with E-state index in [-0.39, 0.29) is 35.3 Å². The molecule has 3 heterocycles. The smallest absolute Gasteiger partial charge is 0.389 e. The molecule has 10 nitrogen and oxygen atoms in total. The minimum Gasteiger partial charge on any atom is -0.417 e. The van der Waals surface area contributed by atoms with Crippen LogP contribution in [-0.4, -0.2) is 55.2 Å². The largest absolute Gasteiger partial charge is 0.417 e. The van der Waals surface area contributed by atoms with E-state index >= 15 is 0 Å². The number of aliphatic hydroxyl groups excluding tert-OH is 1. The monoisotopic (exact) mass is 606 g/mol. The fourth-order valence-electron chi connectivity index (χ4n) is 4.53. The molecule has 0 bridgehead atoms. The molecule has 0 saturated heterocycles. The van der Waals surface area contributed by atoms with Gasteiger partial charge in [0.1, 0.15) is 0 Å². The molecular formula is C25H25F7N6O4. The van der Waals surface area contributed by atoms with E-state index in [1.165, 1.54) is 22.8 Å². The van der Waals surface area contributed by atoms with Crippen molar-refractivity contribution in [2.45, 2.75) is 69.5 Å². The minimum atomic E-state index is -4.55. The zero-order chi connectivity index (χ0) is 30.7. The number of ether oxygens (including phenoxy) is 1. The van der Waals surface area contributed by atoms with Crippen molar-refractivity contribution < 1.29 is 50.2 Å². The van der Waals surface area contributed by atoms with Crippen molar-refractivity contribution >= 4 is 17.5 Å². The first-order valence-corrected chi connectivity index (χ1v) is 12.7. The third-order valence-corrected chi connectivity index (χ3v) is 6.65. The summed E-state index contributed by atoms with van der Waals surface area (Å²) in [7, 11) is 0. The molecule has 3 N–H and O–H groups in total. The Morgan fingerprint density at radius 1 is 1.17 bits per heavy atom. The van der Waals surface area contributed by atoms with Crippen LogP contribution in [0.5, 0.6) is 5.88 Å². The minimum absolute atomic E-state index is 0.00116. The highest BCUT2D eigenvalue weighted by molar-refractivity contribution is 5.94. The summed E-state index contributed by atoms with van der Waals surface area (Å²) in [5, 5.41) is 19.1. The van der Waals surface area contributed by atoms with Crippen LogP contribution in [0.15, 0.2) is 36.8 Å². The van der Waals surface area contributed by atoms with Crippen LogP contribution < -0.4 is 15.4 Å².